The lowest BCUT2D eigenvalue weighted by atomic mass is 9.51. The summed E-state index contributed by atoms with van der Waals surface area (Å²) in [6.07, 6.45) is 15.4. The largest absolute Gasteiger partial charge is 0.299 e. The van der Waals surface area contributed by atoms with Gasteiger partial charge in [-0.05, 0) is 25.7 Å². The number of carbonyl (C=O) groups is 1. The first-order valence-corrected chi connectivity index (χ1v) is 5.79. The van der Waals surface area contributed by atoms with Crippen molar-refractivity contribution in [2.45, 2.75) is 45.4 Å². The summed E-state index contributed by atoms with van der Waals surface area (Å²) in [5.41, 5.74) is -0.221. The van der Waals surface area contributed by atoms with E-state index in [0.717, 1.165) is 32.1 Å². The fourth-order valence-corrected chi connectivity index (χ4v) is 3.25. The van der Waals surface area contributed by atoms with Crippen molar-refractivity contribution in [3.05, 3.63) is 12.2 Å². The molecule has 1 fully saturated rings. The third-order valence-electron chi connectivity index (χ3n) is 4.41. The average Bonchev–Trinajstić information content (AvgIpc) is 2.21. The Balaban J connectivity index is 2.44. The molecule has 0 aromatic rings. The van der Waals surface area contributed by atoms with Crippen LogP contribution < -0.4 is 0 Å². The van der Waals surface area contributed by atoms with E-state index >= 15 is 0 Å². The van der Waals surface area contributed by atoms with E-state index in [9.17, 15) is 4.79 Å². The van der Waals surface area contributed by atoms with Crippen molar-refractivity contribution in [3.8, 4) is 12.3 Å². The summed E-state index contributed by atoms with van der Waals surface area (Å²) in [6.45, 7) is 2.12. The lowest BCUT2D eigenvalue weighted by Crippen LogP contribution is -2.48. The molecule has 0 unspecified atom stereocenters. The zero-order chi connectivity index (χ0) is 10.9. The third-order valence-corrected chi connectivity index (χ3v) is 4.41. The quantitative estimate of drug-likeness (QED) is 0.471. The first kappa shape index (κ1) is 10.5. The minimum atomic E-state index is -0.188. The topological polar surface area (TPSA) is 17.1 Å². The highest BCUT2D eigenvalue weighted by atomic mass is 16.1. The molecule has 0 aliphatic heterocycles. The average molecular weight is 202 g/mol. The fraction of sp³-hybridized carbons (Fsp3) is 0.643. The normalized spacial score (nSPS) is 39.6. The van der Waals surface area contributed by atoms with E-state index in [-0.39, 0.29) is 10.8 Å². The van der Waals surface area contributed by atoms with Crippen LogP contribution >= 0.6 is 0 Å². The molecule has 2 atom stereocenters. The van der Waals surface area contributed by atoms with Crippen LogP contribution in [0.2, 0.25) is 0 Å². The van der Waals surface area contributed by atoms with E-state index in [1.165, 1.54) is 0 Å². The van der Waals surface area contributed by atoms with Gasteiger partial charge >= 0.3 is 0 Å². The van der Waals surface area contributed by atoms with Gasteiger partial charge in [-0.1, -0.05) is 19.1 Å². The Morgan fingerprint density at radius 1 is 1.53 bits per heavy atom. The van der Waals surface area contributed by atoms with Crippen LogP contribution in [0.5, 0.6) is 0 Å². The molecular formula is C14H18O. The number of carbonyl (C=O) groups excluding carboxylic acids is 1. The molecule has 0 saturated heterocycles. The highest BCUT2D eigenvalue weighted by Crippen LogP contribution is 2.56. The highest BCUT2D eigenvalue weighted by Gasteiger charge is 2.53. The summed E-state index contributed by atoms with van der Waals surface area (Å²) < 4.78 is 0. The standard InChI is InChI=1S/C14H18O/c1-3-8-14-10-5-4-9-13(14,2)12(15)7-6-11-14/h1,5,10H,4,6-9,11H2,2H3/t13-,14+/m1/s1. The van der Waals surface area contributed by atoms with Gasteiger partial charge in [-0.2, -0.15) is 0 Å². The zero-order valence-electron chi connectivity index (χ0n) is 9.38. The van der Waals surface area contributed by atoms with Crippen molar-refractivity contribution in [2.75, 3.05) is 0 Å². The zero-order valence-corrected chi connectivity index (χ0v) is 9.38. The molecule has 15 heavy (non-hydrogen) atoms. The van der Waals surface area contributed by atoms with Crippen molar-refractivity contribution in [1.29, 1.82) is 0 Å². The van der Waals surface area contributed by atoms with Gasteiger partial charge < -0.3 is 0 Å². The van der Waals surface area contributed by atoms with Crippen LogP contribution in [0.1, 0.15) is 45.4 Å². The lowest BCUT2D eigenvalue weighted by Gasteiger charge is -2.50. The summed E-state index contributed by atoms with van der Waals surface area (Å²) in [6, 6.07) is 0. The molecule has 0 aromatic heterocycles. The summed E-state index contributed by atoms with van der Waals surface area (Å²) >= 11 is 0. The predicted octanol–water partition coefficient (Wildman–Crippen LogP) is 3.11. The van der Waals surface area contributed by atoms with E-state index in [0.29, 0.717) is 12.2 Å². The molecule has 0 spiro atoms. The van der Waals surface area contributed by atoms with E-state index in [4.69, 9.17) is 6.42 Å². The second-order valence-electron chi connectivity index (χ2n) is 5.09. The fourth-order valence-electron chi connectivity index (χ4n) is 3.25. The van der Waals surface area contributed by atoms with Gasteiger partial charge in [0.15, 0.2) is 0 Å². The Morgan fingerprint density at radius 2 is 2.33 bits per heavy atom. The van der Waals surface area contributed by atoms with Crippen molar-refractivity contribution in [3.63, 3.8) is 0 Å². The van der Waals surface area contributed by atoms with E-state index in [1.54, 1.807) is 0 Å². The molecular weight excluding hydrogens is 184 g/mol. The van der Waals surface area contributed by atoms with Crippen LogP contribution in [0.15, 0.2) is 12.2 Å². The molecule has 0 aromatic carbocycles. The Morgan fingerprint density at radius 3 is 3.07 bits per heavy atom. The number of rotatable bonds is 1. The van der Waals surface area contributed by atoms with Gasteiger partial charge in [-0.3, -0.25) is 4.79 Å². The monoisotopic (exact) mass is 202 g/mol. The molecule has 80 valence electrons. The third kappa shape index (κ3) is 1.35. The minimum absolute atomic E-state index is 0.0324. The molecule has 0 radical (unpaired) electrons. The first-order chi connectivity index (χ1) is 7.15. The van der Waals surface area contributed by atoms with Crippen molar-refractivity contribution in [2.24, 2.45) is 10.8 Å². The molecule has 1 nitrogen and oxygen atoms in total. The smallest absolute Gasteiger partial charge is 0.139 e. The van der Waals surface area contributed by atoms with Gasteiger partial charge in [-0.25, -0.2) is 0 Å². The number of Topliss-reactive ketones (excluding diaryl/α,β-unsaturated/α-hetero) is 1. The van der Waals surface area contributed by atoms with Crippen LogP contribution in [0.25, 0.3) is 0 Å². The lowest BCUT2D eigenvalue weighted by molar-refractivity contribution is -0.139. The van der Waals surface area contributed by atoms with Gasteiger partial charge in [0.1, 0.15) is 5.78 Å². The van der Waals surface area contributed by atoms with Crippen molar-refractivity contribution < 1.29 is 4.79 Å². The maximum atomic E-state index is 12.1. The molecule has 0 heterocycles. The Kier molecular flexibility index (Phi) is 2.46. The number of terminal acetylenes is 1. The minimum Gasteiger partial charge on any atom is -0.299 e. The summed E-state index contributed by atoms with van der Waals surface area (Å²) in [4.78, 5) is 12.1. The van der Waals surface area contributed by atoms with E-state index in [1.807, 2.05) is 0 Å². The van der Waals surface area contributed by atoms with E-state index < -0.39 is 0 Å². The number of ketones is 1. The first-order valence-electron chi connectivity index (χ1n) is 5.79. The predicted molar refractivity (Wildman–Crippen MR) is 61.2 cm³/mol. The van der Waals surface area contributed by atoms with Crippen LogP contribution in [0.3, 0.4) is 0 Å². The van der Waals surface area contributed by atoms with Gasteiger partial charge in [0.25, 0.3) is 0 Å². The number of hydrogen-bond donors (Lipinski definition) is 0. The number of allylic oxidation sites excluding steroid dienone is 2. The maximum Gasteiger partial charge on any atom is 0.139 e. The summed E-state index contributed by atoms with van der Waals surface area (Å²) in [5, 5.41) is 0. The van der Waals surface area contributed by atoms with Gasteiger partial charge in [0.05, 0.1) is 0 Å². The van der Waals surface area contributed by atoms with E-state index in [2.05, 4.69) is 25.0 Å². The SMILES string of the molecule is C#CC[C@@]12C=CCC[C@]1(C)C(=O)CCC2. The van der Waals surface area contributed by atoms with Crippen LogP contribution in [-0.4, -0.2) is 5.78 Å². The van der Waals surface area contributed by atoms with Crippen LogP contribution in [-0.2, 0) is 4.79 Å². The molecule has 2 aliphatic carbocycles. The van der Waals surface area contributed by atoms with Gasteiger partial charge in [0, 0.05) is 23.7 Å². The Bertz CT molecular complexity index is 347. The summed E-state index contributed by atoms with van der Waals surface area (Å²) in [5.74, 6) is 3.19. The Hall–Kier alpha value is -1.03. The van der Waals surface area contributed by atoms with Crippen LogP contribution in [0.4, 0.5) is 0 Å². The second kappa shape index (κ2) is 3.52. The van der Waals surface area contributed by atoms with Crippen LogP contribution in [0, 0.1) is 23.2 Å². The number of fused-ring (bicyclic) bond motifs is 1. The van der Waals surface area contributed by atoms with Gasteiger partial charge in [0.2, 0.25) is 0 Å². The molecule has 0 N–H and O–H groups in total. The second-order valence-corrected chi connectivity index (χ2v) is 5.09. The van der Waals surface area contributed by atoms with Crippen molar-refractivity contribution in [1.82, 2.24) is 0 Å². The van der Waals surface area contributed by atoms with Gasteiger partial charge in [-0.15, -0.1) is 12.3 Å². The molecule has 2 rings (SSSR count). The Labute approximate surface area is 91.9 Å². The summed E-state index contributed by atoms with van der Waals surface area (Å²) in [7, 11) is 0. The number of hydrogen-bond acceptors (Lipinski definition) is 1. The highest BCUT2D eigenvalue weighted by molar-refractivity contribution is 5.87. The molecule has 1 saturated carbocycles. The maximum absolute atomic E-state index is 12.1. The van der Waals surface area contributed by atoms with Crippen molar-refractivity contribution >= 4 is 5.78 Å². The molecule has 1 heteroatoms. The molecule has 2 aliphatic rings. The molecule has 0 bridgehead atoms. The molecule has 0 amide bonds.